The molecule has 0 spiro atoms. The highest BCUT2D eigenvalue weighted by molar-refractivity contribution is 5.46. The molecule has 0 aromatic heterocycles. The third-order valence-corrected chi connectivity index (χ3v) is 21.4. The normalized spacial score (nSPS) is 11.4. The van der Waals surface area contributed by atoms with Gasteiger partial charge in [-0.25, -0.2) is 13.2 Å². The lowest BCUT2D eigenvalue weighted by molar-refractivity contribution is -0.139. The number of hydrogen-bond donors (Lipinski definition) is 0. The number of methoxy groups -OCH3 is 3. The third kappa shape index (κ3) is 32.4. The Morgan fingerprint density at radius 1 is 0.246 bits per heavy atom. The van der Waals surface area contributed by atoms with Gasteiger partial charge in [0.05, 0.1) is 32.5 Å². The molecule has 114 heavy (non-hydrogen) atoms. The Kier molecular flexibility index (Phi) is 39.7. The molecule has 9 aromatic rings. The van der Waals surface area contributed by atoms with E-state index in [9.17, 15) is 39.5 Å². The monoisotopic (exact) mass is 1590 g/mol. The highest BCUT2D eigenvalue weighted by atomic mass is 19.4. The number of aryl methyl sites for hydroxylation is 12. The van der Waals surface area contributed by atoms with E-state index in [1.807, 2.05) is 66.7 Å². The largest absolute Gasteiger partial charge is 0.497 e. The zero-order chi connectivity index (χ0) is 88.9. The molecule has 9 aromatic carbocycles. The summed E-state index contributed by atoms with van der Waals surface area (Å²) in [7, 11) is 4.78. The minimum atomic E-state index is -4.27. The van der Waals surface area contributed by atoms with Crippen LogP contribution in [0.1, 0.15) is 284 Å². The number of benzene rings is 9. The van der Waals surface area contributed by atoms with Gasteiger partial charge in [0.1, 0.15) is 34.7 Å². The van der Waals surface area contributed by atoms with Crippen molar-refractivity contribution in [2.75, 3.05) is 21.3 Å². The van der Waals surface area contributed by atoms with Gasteiger partial charge in [-0.05, 0) is 366 Å². The minimum Gasteiger partial charge on any atom is -0.497 e. The van der Waals surface area contributed by atoms with Gasteiger partial charge in [-0.3, -0.25) is 0 Å². The van der Waals surface area contributed by atoms with Gasteiger partial charge in [0, 0.05) is 12.1 Å². The van der Waals surface area contributed by atoms with Crippen molar-refractivity contribution in [1.82, 2.24) is 0 Å². The second-order valence-electron chi connectivity index (χ2n) is 35.4. The number of hydrogen-bond acceptors (Lipinski definition) is 3. The van der Waals surface area contributed by atoms with E-state index in [-0.39, 0.29) is 39.1 Å². The van der Waals surface area contributed by atoms with Gasteiger partial charge < -0.3 is 14.2 Å². The van der Waals surface area contributed by atoms with E-state index in [1.165, 1.54) is 130 Å². The molecule has 0 saturated carbocycles. The van der Waals surface area contributed by atoms with Crippen LogP contribution >= 0.6 is 0 Å². The molecule has 0 saturated heterocycles. The lowest BCUT2D eigenvalue weighted by Gasteiger charge is -2.23. The first-order valence-electron chi connectivity index (χ1n) is 39.4. The molecule has 0 aliphatic carbocycles. The van der Waals surface area contributed by atoms with Crippen LogP contribution in [-0.2, 0) is 34.0 Å². The fourth-order valence-corrected chi connectivity index (χ4v) is 11.9. The molecule has 3 nitrogen and oxygen atoms in total. The molecule has 0 amide bonds. The summed E-state index contributed by atoms with van der Waals surface area (Å²) in [5.74, 6) is 2.82. The molecule has 0 N–H and O–H groups in total. The number of halogens is 9. The molecule has 0 unspecified atom stereocenters. The van der Waals surface area contributed by atoms with Crippen molar-refractivity contribution in [2.45, 2.75) is 302 Å². The molecule has 0 bridgehead atoms. The van der Waals surface area contributed by atoms with Crippen molar-refractivity contribution in [2.24, 2.45) is 0 Å². The van der Waals surface area contributed by atoms with Crippen LogP contribution in [0, 0.1) is 163 Å². The van der Waals surface area contributed by atoms with Crippen molar-refractivity contribution in [1.29, 1.82) is 0 Å². The van der Waals surface area contributed by atoms with E-state index in [2.05, 4.69) is 220 Å². The summed E-state index contributed by atoms with van der Waals surface area (Å²) in [6.07, 6.45) is -8.50. The Morgan fingerprint density at radius 3 is 0.772 bits per heavy atom. The van der Waals surface area contributed by atoms with Gasteiger partial charge in [-0.15, -0.1) is 0 Å². The Balaban J connectivity index is 0.000000643. The van der Waals surface area contributed by atoms with Crippen LogP contribution in [0.4, 0.5) is 39.5 Å². The van der Waals surface area contributed by atoms with E-state index in [0.717, 1.165) is 39.1 Å². The minimum absolute atomic E-state index is 0.0271. The Labute approximate surface area is 684 Å². The maximum Gasteiger partial charge on any atom is 0.416 e. The quantitative estimate of drug-likeness (QED) is 0.161. The predicted molar refractivity (Wildman–Crippen MR) is 470 cm³/mol. The average Bonchev–Trinajstić information content (AvgIpc) is 0.802. The van der Waals surface area contributed by atoms with Gasteiger partial charge in [0.25, 0.3) is 0 Å². The van der Waals surface area contributed by atoms with Gasteiger partial charge in [-0.2, -0.15) is 26.3 Å². The first-order valence-corrected chi connectivity index (χ1v) is 39.4. The zero-order valence-corrected chi connectivity index (χ0v) is 77.3. The van der Waals surface area contributed by atoms with E-state index in [4.69, 9.17) is 14.2 Å². The molecule has 9 rings (SSSR count). The summed E-state index contributed by atoms with van der Waals surface area (Å²) in [5, 5.41) is 0. The molecule has 0 radical (unpaired) electrons. The number of rotatable bonds is 5. The van der Waals surface area contributed by atoms with Crippen molar-refractivity contribution in [3.05, 3.63) is 294 Å². The Morgan fingerprint density at radius 2 is 0.491 bits per heavy atom. The molecule has 0 heterocycles. The van der Waals surface area contributed by atoms with Gasteiger partial charge in [-0.1, -0.05) is 177 Å². The lowest BCUT2D eigenvalue weighted by Crippen LogP contribution is -2.16. The van der Waals surface area contributed by atoms with Crippen molar-refractivity contribution in [3.63, 3.8) is 0 Å². The second-order valence-corrected chi connectivity index (χ2v) is 35.4. The molecule has 0 atom stereocenters. The average molecular weight is 1590 g/mol. The smallest absolute Gasteiger partial charge is 0.416 e. The molecule has 0 aliphatic heterocycles. The molecule has 0 aliphatic rings. The van der Waals surface area contributed by atoms with E-state index in [0.29, 0.717) is 62.3 Å². The Hall–Kier alpha value is -8.25. The molecular formula is C102H141F9O3. The van der Waals surface area contributed by atoms with E-state index in [1.54, 1.807) is 53.9 Å². The Bertz CT molecular complexity index is 4270. The van der Waals surface area contributed by atoms with Gasteiger partial charge >= 0.3 is 12.4 Å². The first kappa shape index (κ1) is 104. The maximum absolute atomic E-state index is 13.4. The summed E-state index contributed by atoms with van der Waals surface area (Å²) >= 11 is 0. The molecule has 0 fully saturated rings. The second kappa shape index (κ2) is 43.6. The molecular weight excluding hydrogens is 1440 g/mol. The van der Waals surface area contributed by atoms with Gasteiger partial charge in [0.15, 0.2) is 0 Å². The summed E-state index contributed by atoms with van der Waals surface area (Å²) < 4.78 is 130. The standard InChI is InChI=1S/C13H17F3.2C13H20.C12H17F.C12H18O.C11H16.C10H11F3.2C9H11FO/c1-8-6-10(12(3,4)5)7-11(9(8)2)13(14,15)16;2*1-9-7-12(13(4,5)6)8-10(2)11(9)3;1-8-6-10(12(3,4)5)7-11(13)9(8)2;1-8(2)12-7-11(13-5)6-9(3)10(12)4;1-8(2)11-7-5-6-9(3)10(11)4;1-6-4-7(2)8(3)9(5-6)10(11,12)13;2*1-6-4-8(11-3)5-9(10)7(6)2/h6-7H,1-5H3;2*7-8H,1-6H3;6-7H,1-5H3;6-8H,1-5H3;5-8H,1-4H3;4-5H,1-3H3;2*4-5H,1-3H3. The van der Waals surface area contributed by atoms with Crippen LogP contribution in [0.5, 0.6) is 17.2 Å². The summed E-state index contributed by atoms with van der Waals surface area (Å²) in [4.78, 5) is 0. The van der Waals surface area contributed by atoms with Crippen molar-refractivity contribution < 1.29 is 53.7 Å². The SMILES string of the molecule is COc1cc(C)c(C)c(C(C)C)c1.COc1cc(C)c(C)c(F)c1.COc1cc(C)c(C)c(F)c1.Cc1cc(C(C)(C)C)cc(C(F)(F)F)c1C.Cc1cc(C(C)(C)C)cc(C)c1C.Cc1cc(C(C)(C)C)cc(C)c1C.Cc1cc(C(C)(C)C)cc(F)c1C.Cc1cc(C)c(C)c(C(F)(F)F)c1.Cc1cccc(C(C)C)c1C. The van der Waals surface area contributed by atoms with Crippen LogP contribution < -0.4 is 14.2 Å². The van der Waals surface area contributed by atoms with E-state index >= 15 is 0 Å². The predicted octanol–water partition coefficient (Wildman–Crippen LogP) is 31.6. The molecule has 630 valence electrons. The van der Waals surface area contributed by atoms with Crippen molar-refractivity contribution in [3.8, 4) is 17.2 Å². The fraction of sp³-hybridized carbons (Fsp3) is 0.471. The fourth-order valence-electron chi connectivity index (χ4n) is 11.9. The maximum atomic E-state index is 13.4. The highest BCUT2D eigenvalue weighted by Gasteiger charge is 2.35. The lowest BCUT2D eigenvalue weighted by atomic mass is 9.83. The van der Waals surface area contributed by atoms with E-state index < -0.39 is 23.5 Å². The molecule has 12 heteroatoms. The van der Waals surface area contributed by atoms with Gasteiger partial charge in [0.2, 0.25) is 0 Å². The first-order chi connectivity index (χ1) is 51.8. The van der Waals surface area contributed by atoms with Crippen LogP contribution in [0.3, 0.4) is 0 Å². The summed E-state index contributed by atoms with van der Waals surface area (Å²) in [5.41, 5.74) is 28.5. The van der Waals surface area contributed by atoms with Crippen molar-refractivity contribution >= 4 is 0 Å². The summed E-state index contributed by atoms with van der Waals surface area (Å²) in [6.45, 7) is 75.4. The number of ether oxygens (including phenoxy) is 3. The number of alkyl halides is 6. The summed E-state index contributed by atoms with van der Waals surface area (Å²) in [6, 6.07) is 36.1. The third-order valence-electron chi connectivity index (χ3n) is 21.4. The van der Waals surface area contributed by atoms with Crippen LogP contribution in [0.15, 0.2) is 115 Å². The topological polar surface area (TPSA) is 27.7 Å². The van der Waals surface area contributed by atoms with Crippen LogP contribution in [0.25, 0.3) is 0 Å². The zero-order valence-electron chi connectivity index (χ0n) is 77.3. The van der Waals surface area contributed by atoms with Crippen LogP contribution in [0.2, 0.25) is 0 Å². The van der Waals surface area contributed by atoms with Crippen LogP contribution in [-0.4, -0.2) is 21.3 Å². The highest BCUT2D eigenvalue weighted by Crippen LogP contribution is 2.38.